The van der Waals surface area contributed by atoms with Gasteiger partial charge in [-0.1, -0.05) is 6.07 Å². The predicted molar refractivity (Wildman–Crippen MR) is 85.1 cm³/mol. The molecule has 0 spiro atoms. The van der Waals surface area contributed by atoms with Crippen LogP contribution in [0.2, 0.25) is 0 Å². The molecule has 2 rings (SSSR count). The fourth-order valence-corrected chi connectivity index (χ4v) is 2.43. The maximum absolute atomic E-state index is 12.3. The van der Waals surface area contributed by atoms with Crippen LogP contribution in [0.1, 0.15) is 29.6 Å². The molecule has 2 N–H and O–H groups in total. The van der Waals surface area contributed by atoms with Gasteiger partial charge in [0, 0.05) is 44.6 Å². The Balaban J connectivity index is 1.88. The first-order valence-corrected chi connectivity index (χ1v) is 7.64. The van der Waals surface area contributed by atoms with Gasteiger partial charge in [-0.05, 0) is 37.5 Å². The normalized spacial score (nSPS) is 14.0. The van der Waals surface area contributed by atoms with Gasteiger partial charge in [0.05, 0.1) is 0 Å². The molecule has 0 saturated carbocycles. The summed E-state index contributed by atoms with van der Waals surface area (Å²) in [6, 6.07) is 6.78. The molecule has 1 heterocycles. The fourth-order valence-electron chi connectivity index (χ4n) is 2.43. The number of nitrogens with one attached hydrogen (secondary N) is 2. The average Bonchev–Trinajstić information content (AvgIpc) is 3.05. The second-order valence-corrected chi connectivity index (χ2v) is 5.31. The maximum atomic E-state index is 12.3. The molecule has 6 heteroatoms. The zero-order valence-electron chi connectivity index (χ0n) is 12.9. The van der Waals surface area contributed by atoms with Gasteiger partial charge in [-0.3, -0.25) is 4.79 Å². The lowest BCUT2D eigenvalue weighted by molar-refractivity contribution is 0.0793. The van der Waals surface area contributed by atoms with Gasteiger partial charge in [-0.15, -0.1) is 0 Å². The molecule has 120 valence electrons. The molecular weight excluding hydrogens is 282 g/mol. The summed E-state index contributed by atoms with van der Waals surface area (Å²) in [6.07, 6.45) is 2.89. The molecule has 0 unspecified atom stereocenters. The molecule has 1 aromatic carbocycles. The van der Waals surface area contributed by atoms with E-state index < -0.39 is 0 Å². The Hall–Kier alpha value is -2.08. The lowest BCUT2D eigenvalue weighted by Crippen LogP contribution is -2.30. The van der Waals surface area contributed by atoms with E-state index in [1.807, 2.05) is 4.90 Å². The van der Waals surface area contributed by atoms with E-state index in [0.717, 1.165) is 32.4 Å². The van der Waals surface area contributed by atoms with Crippen molar-refractivity contribution < 1.29 is 14.3 Å². The second kappa shape index (κ2) is 8.38. The van der Waals surface area contributed by atoms with Gasteiger partial charge in [0.25, 0.3) is 5.91 Å². The predicted octanol–water partition coefficient (Wildman–Crippen LogP) is 2.08. The summed E-state index contributed by atoms with van der Waals surface area (Å²) in [5.74, 6) is 0.0293. The van der Waals surface area contributed by atoms with E-state index in [2.05, 4.69) is 10.6 Å². The number of ether oxygens (including phenoxy) is 1. The van der Waals surface area contributed by atoms with Gasteiger partial charge in [-0.2, -0.15) is 0 Å². The zero-order chi connectivity index (χ0) is 15.8. The highest BCUT2D eigenvalue weighted by atomic mass is 16.5. The largest absolute Gasteiger partial charge is 0.385 e. The van der Waals surface area contributed by atoms with Crippen LogP contribution in [0.15, 0.2) is 24.3 Å². The van der Waals surface area contributed by atoms with Crippen LogP contribution in [0, 0.1) is 0 Å². The molecule has 0 aromatic heterocycles. The molecule has 1 aliphatic rings. The number of amides is 3. The number of benzene rings is 1. The van der Waals surface area contributed by atoms with Crippen LogP contribution in [0.5, 0.6) is 0 Å². The second-order valence-electron chi connectivity index (χ2n) is 5.31. The summed E-state index contributed by atoms with van der Waals surface area (Å²) in [4.78, 5) is 25.9. The molecule has 3 amide bonds. The third-order valence-electron chi connectivity index (χ3n) is 3.57. The van der Waals surface area contributed by atoms with E-state index in [0.29, 0.717) is 24.4 Å². The number of methoxy groups -OCH3 is 1. The summed E-state index contributed by atoms with van der Waals surface area (Å²) in [6.45, 7) is 2.79. The highest BCUT2D eigenvalue weighted by Crippen LogP contribution is 2.16. The van der Waals surface area contributed by atoms with E-state index in [9.17, 15) is 9.59 Å². The number of rotatable bonds is 6. The quantitative estimate of drug-likeness (QED) is 0.791. The van der Waals surface area contributed by atoms with Crippen LogP contribution in [-0.2, 0) is 4.74 Å². The van der Waals surface area contributed by atoms with Crippen LogP contribution in [0.25, 0.3) is 0 Å². The summed E-state index contributed by atoms with van der Waals surface area (Å²) in [5, 5.41) is 5.49. The molecule has 1 fully saturated rings. The molecule has 22 heavy (non-hydrogen) atoms. The van der Waals surface area contributed by atoms with Crippen LogP contribution in [0.3, 0.4) is 0 Å². The fraction of sp³-hybridized carbons (Fsp3) is 0.500. The highest BCUT2D eigenvalue weighted by molar-refractivity contribution is 5.97. The van der Waals surface area contributed by atoms with Crippen molar-refractivity contribution in [2.45, 2.75) is 19.3 Å². The van der Waals surface area contributed by atoms with E-state index in [4.69, 9.17) is 4.74 Å². The van der Waals surface area contributed by atoms with Gasteiger partial charge < -0.3 is 20.3 Å². The van der Waals surface area contributed by atoms with Gasteiger partial charge in [0.1, 0.15) is 0 Å². The smallest absolute Gasteiger partial charge is 0.319 e. The molecule has 0 radical (unpaired) electrons. The number of urea groups is 1. The Kier molecular flexibility index (Phi) is 6.21. The number of anilines is 1. The standard InChI is InChI=1S/C16H23N3O3/c1-22-11-5-8-17-16(21)18-14-7-4-6-13(12-14)15(20)19-9-2-3-10-19/h4,6-7,12H,2-3,5,8-11H2,1H3,(H2,17,18,21). The Morgan fingerprint density at radius 2 is 2.05 bits per heavy atom. The van der Waals surface area contributed by atoms with E-state index in [1.54, 1.807) is 31.4 Å². The third-order valence-corrected chi connectivity index (χ3v) is 3.57. The molecule has 0 aliphatic carbocycles. The molecule has 0 bridgehead atoms. The Bertz CT molecular complexity index is 513. The van der Waals surface area contributed by atoms with Gasteiger partial charge in [0.15, 0.2) is 0 Å². The molecule has 1 aromatic rings. The van der Waals surface area contributed by atoms with Crippen molar-refractivity contribution in [3.05, 3.63) is 29.8 Å². The van der Waals surface area contributed by atoms with Crippen molar-refractivity contribution in [2.75, 3.05) is 38.7 Å². The van der Waals surface area contributed by atoms with Crippen molar-refractivity contribution >= 4 is 17.6 Å². The van der Waals surface area contributed by atoms with E-state index in [1.165, 1.54) is 0 Å². The zero-order valence-corrected chi connectivity index (χ0v) is 12.9. The van der Waals surface area contributed by atoms with Crippen LogP contribution >= 0.6 is 0 Å². The Morgan fingerprint density at radius 3 is 2.77 bits per heavy atom. The first-order valence-electron chi connectivity index (χ1n) is 7.64. The van der Waals surface area contributed by atoms with Gasteiger partial charge in [0.2, 0.25) is 0 Å². The van der Waals surface area contributed by atoms with Gasteiger partial charge in [-0.25, -0.2) is 4.79 Å². The monoisotopic (exact) mass is 305 g/mol. The molecule has 6 nitrogen and oxygen atoms in total. The average molecular weight is 305 g/mol. The van der Waals surface area contributed by atoms with Crippen LogP contribution in [0.4, 0.5) is 10.5 Å². The Labute approximate surface area is 130 Å². The van der Waals surface area contributed by atoms with Crippen LogP contribution in [-0.4, -0.2) is 50.2 Å². The minimum Gasteiger partial charge on any atom is -0.385 e. The van der Waals surface area contributed by atoms with Gasteiger partial charge >= 0.3 is 6.03 Å². The lowest BCUT2D eigenvalue weighted by atomic mass is 10.2. The number of nitrogens with zero attached hydrogens (tertiary/aromatic N) is 1. The highest BCUT2D eigenvalue weighted by Gasteiger charge is 2.19. The molecule has 0 atom stereocenters. The SMILES string of the molecule is COCCCNC(=O)Nc1cccc(C(=O)N2CCCC2)c1. The summed E-state index contributed by atoms with van der Waals surface area (Å²) < 4.78 is 4.92. The minimum absolute atomic E-state index is 0.0293. The number of likely N-dealkylation sites (tertiary alicyclic amines) is 1. The minimum atomic E-state index is -0.276. The first-order chi connectivity index (χ1) is 10.7. The number of hydrogen-bond donors (Lipinski definition) is 2. The molecule has 1 saturated heterocycles. The van der Waals surface area contributed by atoms with Crippen molar-refractivity contribution in [3.63, 3.8) is 0 Å². The molecule has 1 aliphatic heterocycles. The number of carbonyl (C=O) groups excluding carboxylic acids is 2. The molecular formula is C16H23N3O3. The number of hydrogen-bond acceptors (Lipinski definition) is 3. The first kappa shape index (κ1) is 16.3. The van der Waals surface area contributed by atoms with Crippen molar-refractivity contribution in [1.29, 1.82) is 0 Å². The summed E-state index contributed by atoms with van der Waals surface area (Å²) in [7, 11) is 1.63. The topological polar surface area (TPSA) is 70.7 Å². The number of carbonyl (C=O) groups is 2. The maximum Gasteiger partial charge on any atom is 0.319 e. The summed E-state index contributed by atoms with van der Waals surface area (Å²) >= 11 is 0. The van der Waals surface area contributed by atoms with E-state index >= 15 is 0 Å². The Morgan fingerprint density at radius 1 is 1.27 bits per heavy atom. The third kappa shape index (κ3) is 4.73. The van der Waals surface area contributed by atoms with Crippen LogP contribution < -0.4 is 10.6 Å². The van der Waals surface area contributed by atoms with Crippen molar-refractivity contribution in [2.24, 2.45) is 0 Å². The van der Waals surface area contributed by atoms with Crippen molar-refractivity contribution in [1.82, 2.24) is 10.2 Å². The van der Waals surface area contributed by atoms with Crippen molar-refractivity contribution in [3.8, 4) is 0 Å². The van der Waals surface area contributed by atoms with E-state index in [-0.39, 0.29) is 11.9 Å². The summed E-state index contributed by atoms with van der Waals surface area (Å²) in [5.41, 5.74) is 1.23. The lowest BCUT2D eigenvalue weighted by Gasteiger charge is -2.16.